The first-order chi connectivity index (χ1) is 11.1. The highest BCUT2D eigenvalue weighted by Crippen LogP contribution is 2.21. The Morgan fingerprint density at radius 1 is 1.26 bits per heavy atom. The van der Waals surface area contributed by atoms with Crippen molar-refractivity contribution in [2.75, 3.05) is 19.6 Å². The molecule has 0 spiro atoms. The van der Waals surface area contributed by atoms with Crippen molar-refractivity contribution in [2.24, 2.45) is 4.99 Å². The second-order valence-electron chi connectivity index (χ2n) is 6.27. The first-order valence-electron chi connectivity index (χ1n) is 8.60. The first kappa shape index (κ1) is 17.5. The quantitative estimate of drug-likeness (QED) is 0.412. The molecule has 0 saturated carbocycles. The Kier molecular flexibility index (Phi) is 6.66. The van der Waals surface area contributed by atoms with Crippen LogP contribution >= 0.6 is 0 Å². The van der Waals surface area contributed by atoms with E-state index >= 15 is 0 Å². The molecule has 4 heteroatoms. The van der Waals surface area contributed by atoms with E-state index in [4.69, 9.17) is 0 Å². The van der Waals surface area contributed by atoms with Crippen LogP contribution in [0.1, 0.15) is 45.1 Å². The van der Waals surface area contributed by atoms with Crippen molar-refractivity contribution in [3.05, 3.63) is 47.5 Å². The minimum Gasteiger partial charge on any atom is -0.384 e. The van der Waals surface area contributed by atoms with Crippen molar-refractivity contribution in [2.45, 2.75) is 45.1 Å². The van der Waals surface area contributed by atoms with E-state index in [-0.39, 0.29) is 0 Å². The summed E-state index contributed by atoms with van der Waals surface area (Å²) in [6, 6.07) is 9.69. The van der Waals surface area contributed by atoms with Gasteiger partial charge in [-0.05, 0) is 45.1 Å². The monoisotopic (exact) mass is 315 g/mol. The smallest absolute Gasteiger partial charge is 0.191 e. The van der Waals surface area contributed by atoms with Gasteiger partial charge in [-0.2, -0.15) is 0 Å². The average molecular weight is 315 g/mol. The molecule has 0 heterocycles. The summed E-state index contributed by atoms with van der Waals surface area (Å²) in [7, 11) is 0. The lowest BCUT2D eigenvalue weighted by Crippen LogP contribution is -2.39. The maximum Gasteiger partial charge on any atom is 0.191 e. The van der Waals surface area contributed by atoms with E-state index in [0.29, 0.717) is 6.54 Å². The normalized spacial score (nSPS) is 17.5. The summed E-state index contributed by atoms with van der Waals surface area (Å²) in [5.41, 5.74) is 1.47. The molecule has 1 aromatic carbocycles. The summed E-state index contributed by atoms with van der Waals surface area (Å²) >= 11 is 0. The van der Waals surface area contributed by atoms with Gasteiger partial charge in [0.15, 0.2) is 5.96 Å². The van der Waals surface area contributed by atoms with Crippen LogP contribution in [0.5, 0.6) is 0 Å². The van der Waals surface area contributed by atoms with Crippen molar-refractivity contribution in [3.8, 4) is 0 Å². The summed E-state index contributed by atoms with van der Waals surface area (Å²) in [5.74, 6) is 0.766. The van der Waals surface area contributed by atoms with E-state index in [1.807, 2.05) is 37.3 Å². The molecule has 0 fully saturated rings. The molecule has 2 rings (SSSR count). The number of allylic oxidation sites excluding steroid dienone is 1. The van der Waals surface area contributed by atoms with Gasteiger partial charge in [0, 0.05) is 13.1 Å². The van der Waals surface area contributed by atoms with Crippen molar-refractivity contribution in [1.29, 1.82) is 0 Å². The predicted octanol–water partition coefficient (Wildman–Crippen LogP) is 2.95. The lowest BCUT2D eigenvalue weighted by Gasteiger charge is -2.22. The van der Waals surface area contributed by atoms with Gasteiger partial charge >= 0.3 is 0 Å². The van der Waals surface area contributed by atoms with Crippen molar-refractivity contribution in [1.82, 2.24) is 10.6 Å². The van der Waals surface area contributed by atoms with Crippen LogP contribution < -0.4 is 10.6 Å². The van der Waals surface area contributed by atoms with Gasteiger partial charge in [-0.1, -0.05) is 42.0 Å². The Bertz CT molecular complexity index is 535. The molecular formula is C19H29N3O. The van der Waals surface area contributed by atoms with Crippen LogP contribution in [0.15, 0.2) is 47.0 Å². The zero-order chi connectivity index (χ0) is 16.5. The molecule has 4 nitrogen and oxygen atoms in total. The van der Waals surface area contributed by atoms with E-state index in [2.05, 4.69) is 21.7 Å². The highest BCUT2D eigenvalue weighted by atomic mass is 16.3. The Labute approximate surface area is 139 Å². The fraction of sp³-hybridized carbons (Fsp3) is 0.526. The molecular weight excluding hydrogens is 286 g/mol. The number of hydrogen-bond acceptors (Lipinski definition) is 2. The summed E-state index contributed by atoms with van der Waals surface area (Å²) in [4.78, 5) is 4.55. The van der Waals surface area contributed by atoms with E-state index in [9.17, 15) is 5.11 Å². The number of nitrogens with zero attached hydrogens (tertiary/aromatic N) is 1. The van der Waals surface area contributed by atoms with E-state index < -0.39 is 5.60 Å². The standard InChI is InChI=1S/C19H29N3O/c1-3-20-18(21-14-13-16-9-7-8-10-16)22-15-19(2,23)17-11-5-4-6-12-17/h4-6,9,11-12,23H,3,7-8,10,13-15H2,1-2H3,(H2,20,21,22). The van der Waals surface area contributed by atoms with Crippen LogP contribution in [0.25, 0.3) is 0 Å². The van der Waals surface area contributed by atoms with Crippen LogP contribution in [0.4, 0.5) is 0 Å². The number of aliphatic hydroxyl groups is 1. The molecule has 0 amide bonds. The fourth-order valence-corrected chi connectivity index (χ4v) is 2.77. The van der Waals surface area contributed by atoms with Crippen LogP contribution in [0.2, 0.25) is 0 Å². The molecule has 0 aromatic heterocycles. The number of nitrogens with one attached hydrogen (secondary N) is 2. The van der Waals surface area contributed by atoms with Gasteiger partial charge in [0.05, 0.1) is 6.54 Å². The zero-order valence-electron chi connectivity index (χ0n) is 14.3. The predicted molar refractivity (Wildman–Crippen MR) is 96.5 cm³/mol. The highest BCUT2D eigenvalue weighted by molar-refractivity contribution is 5.79. The molecule has 1 atom stereocenters. The van der Waals surface area contributed by atoms with Gasteiger partial charge in [0.25, 0.3) is 0 Å². The third-order valence-corrected chi connectivity index (χ3v) is 4.16. The van der Waals surface area contributed by atoms with Crippen LogP contribution in [0.3, 0.4) is 0 Å². The van der Waals surface area contributed by atoms with Crippen LogP contribution in [0, 0.1) is 0 Å². The highest BCUT2D eigenvalue weighted by Gasteiger charge is 2.22. The SMILES string of the molecule is CCNC(=NCC(C)(O)c1ccccc1)NCCC1=CCCC1. The lowest BCUT2D eigenvalue weighted by molar-refractivity contribution is 0.0672. The van der Waals surface area contributed by atoms with Crippen LogP contribution in [-0.4, -0.2) is 30.7 Å². The van der Waals surface area contributed by atoms with Gasteiger partial charge in [-0.3, -0.25) is 0 Å². The Hall–Kier alpha value is -1.81. The average Bonchev–Trinajstić information content (AvgIpc) is 3.07. The van der Waals surface area contributed by atoms with Crippen molar-refractivity contribution >= 4 is 5.96 Å². The molecule has 0 aliphatic heterocycles. The molecule has 1 unspecified atom stereocenters. The van der Waals surface area contributed by atoms with E-state index in [0.717, 1.165) is 31.0 Å². The van der Waals surface area contributed by atoms with Gasteiger partial charge in [-0.15, -0.1) is 0 Å². The Morgan fingerprint density at radius 2 is 2.04 bits per heavy atom. The minimum absolute atomic E-state index is 0.328. The Balaban J connectivity index is 1.89. The Morgan fingerprint density at radius 3 is 2.70 bits per heavy atom. The van der Waals surface area contributed by atoms with Gasteiger partial charge in [-0.25, -0.2) is 4.99 Å². The van der Waals surface area contributed by atoms with Gasteiger partial charge in [0.1, 0.15) is 5.60 Å². The summed E-state index contributed by atoms with van der Waals surface area (Å²) in [6.45, 7) is 5.87. The van der Waals surface area contributed by atoms with Gasteiger partial charge in [0.2, 0.25) is 0 Å². The second-order valence-corrected chi connectivity index (χ2v) is 6.27. The second kappa shape index (κ2) is 8.73. The minimum atomic E-state index is -0.961. The summed E-state index contributed by atoms with van der Waals surface area (Å²) in [5, 5.41) is 17.2. The van der Waals surface area contributed by atoms with E-state index in [1.54, 1.807) is 12.5 Å². The summed E-state index contributed by atoms with van der Waals surface area (Å²) in [6.07, 6.45) is 7.18. The maximum absolute atomic E-state index is 10.6. The zero-order valence-corrected chi connectivity index (χ0v) is 14.3. The first-order valence-corrected chi connectivity index (χ1v) is 8.60. The van der Waals surface area contributed by atoms with Crippen molar-refractivity contribution < 1.29 is 5.11 Å². The lowest BCUT2D eigenvalue weighted by atomic mass is 9.96. The molecule has 3 N–H and O–H groups in total. The molecule has 23 heavy (non-hydrogen) atoms. The maximum atomic E-state index is 10.6. The van der Waals surface area contributed by atoms with Gasteiger partial charge < -0.3 is 15.7 Å². The number of hydrogen-bond donors (Lipinski definition) is 3. The third-order valence-electron chi connectivity index (χ3n) is 4.16. The molecule has 0 saturated heterocycles. The largest absolute Gasteiger partial charge is 0.384 e. The molecule has 0 bridgehead atoms. The topological polar surface area (TPSA) is 56.7 Å². The fourth-order valence-electron chi connectivity index (χ4n) is 2.77. The number of guanidine groups is 1. The molecule has 126 valence electrons. The molecule has 0 radical (unpaired) electrons. The van der Waals surface area contributed by atoms with Crippen molar-refractivity contribution in [3.63, 3.8) is 0 Å². The number of benzene rings is 1. The third kappa shape index (κ3) is 5.71. The number of aliphatic imine (C=N–C) groups is 1. The molecule has 1 aliphatic carbocycles. The van der Waals surface area contributed by atoms with Crippen LogP contribution in [-0.2, 0) is 5.60 Å². The van der Waals surface area contributed by atoms with E-state index in [1.165, 1.54) is 19.3 Å². The number of rotatable bonds is 7. The molecule has 1 aromatic rings. The molecule has 1 aliphatic rings. The summed E-state index contributed by atoms with van der Waals surface area (Å²) < 4.78 is 0.